The molecule has 0 bridgehead atoms. The molecule has 0 spiro atoms. The van der Waals surface area contributed by atoms with Crippen LogP contribution in [0, 0.1) is 0 Å². The molecule has 0 amide bonds. The number of ether oxygens (including phenoxy) is 2. The van der Waals surface area contributed by atoms with Gasteiger partial charge >= 0.3 is 0 Å². The number of nitrogen functional groups attached to an aromatic ring is 1. The van der Waals surface area contributed by atoms with Crippen molar-refractivity contribution in [3.8, 4) is 16.8 Å². The van der Waals surface area contributed by atoms with Crippen LogP contribution in [0.5, 0.6) is 0 Å². The molecule has 0 radical (unpaired) electrons. The van der Waals surface area contributed by atoms with E-state index in [1.165, 1.54) is 11.6 Å². The highest BCUT2D eigenvalue weighted by Crippen LogP contribution is 2.43. The predicted molar refractivity (Wildman–Crippen MR) is 147 cm³/mol. The van der Waals surface area contributed by atoms with Crippen molar-refractivity contribution >= 4 is 27.1 Å². The van der Waals surface area contributed by atoms with Crippen LogP contribution in [-0.2, 0) is 24.1 Å². The summed E-state index contributed by atoms with van der Waals surface area (Å²) in [5.41, 5.74) is 8.31. The number of rotatable bonds is 10. The Hall–Kier alpha value is -3.65. The molecule has 1 aliphatic rings. The third-order valence-corrected chi connectivity index (χ3v) is 8.61. The van der Waals surface area contributed by atoms with Gasteiger partial charge in [0.05, 0.1) is 37.0 Å². The lowest BCUT2D eigenvalue weighted by Gasteiger charge is -2.38. The highest BCUT2D eigenvalue weighted by molar-refractivity contribution is 7.91. The second-order valence-corrected chi connectivity index (χ2v) is 11.9. The Kier molecular flexibility index (Phi) is 7.73. The minimum Gasteiger partial charge on any atom is -0.388 e. The van der Waals surface area contributed by atoms with Crippen molar-refractivity contribution in [3.05, 3.63) is 54.6 Å². The smallest absolute Gasteiger partial charge is 0.189 e. The number of nitrogens with zero attached hydrogens (tertiary/aromatic N) is 5. The SMILES string of the molecule is COCCO[C@]1(C(=O)CO)CC[C@@H](c2nc3c(-c4cnn(-c5ccccc5)c4)cnn3c(N)c2S(C)(=O)=O)CC1. The largest absolute Gasteiger partial charge is 0.388 e. The summed E-state index contributed by atoms with van der Waals surface area (Å²) in [6.07, 6.45) is 7.66. The number of ketones is 1. The maximum atomic E-state index is 13.0. The van der Waals surface area contributed by atoms with Crippen LogP contribution in [0.2, 0.25) is 0 Å². The number of aromatic nitrogens is 5. The van der Waals surface area contributed by atoms with E-state index in [0.29, 0.717) is 49.2 Å². The molecule has 12 nitrogen and oxygen atoms in total. The lowest BCUT2D eigenvalue weighted by Crippen LogP contribution is -2.46. The summed E-state index contributed by atoms with van der Waals surface area (Å²) in [5, 5.41) is 18.4. The van der Waals surface area contributed by atoms with E-state index in [0.717, 1.165) is 17.5 Å². The van der Waals surface area contributed by atoms with Gasteiger partial charge in [0.2, 0.25) is 0 Å². The van der Waals surface area contributed by atoms with E-state index in [1.807, 2.05) is 36.5 Å². The van der Waals surface area contributed by atoms with Gasteiger partial charge in [-0.15, -0.1) is 0 Å². The van der Waals surface area contributed by atoms with Crippen LogP contribution in [0.3, 0.4) is 0 Å². The summed E-state index contributed by atoms with van der Waals surface area (Å²) in [5.74, 6) is -0.733. The molecule has 1 fully saturated rings. The summed E-state index contributed by atoms with van der Waals surface area (Å²) in [7, 11) is -2.24. The van der Waals surface area contributed by atoms with Crippen molar-refractivity contribution in [2.75, 3.05) is 38.9 Å². The van der Waals surface area contributed by atoms with Gasteiger partial charge in [-0.3, -0.25) is 4.79 Å². The molecule has 1 saturated carbocycles. The fraction of sp³-hybridized carbons (Fsp3) is 0.407. The first-order chi connectivity index (χ1) is 19.2. The number of hydrogen-bond donors (Lipinski definition) is 2. The number of benzene rings is 1. The minimum absolute atomic E-state index is 0.0242. The van der Waals surface area contributed by atoms with Gasteiger partial charge in [-0.2, -0.15) is 14.7 Å². The summed E-state index contributed by atoms with van der Waals surface area (Å²) in [6, 6.07) is 9.63. The van der Waals surface area contributed by atoms with E-state index in [-0.39, 0.29) is 23.2 Å². The molecule has 40 heavy (non-hydrogen) atoms. The number of carbonyl (C=O) groups is 1. The summed E-state index contributed by atoms with van der Waals surface area (Å²) in [4.78, 5) is 17.5. The number of nitrogens with two attached hydrogens (primary N) is 1. The Labute approximate surface area is 231 Å². The van der Waals surface area contributed by atoms with Gasteiger partial charge < -0.3 is 20.3 Å². The summed E-state index contributed by atoms with van der Waals surface area (Å²) < 4.78 is 40.0. The molecule has 5 rings (SSSR count). The van der Waals surface area contributed by atoms with Crippen molar-refractivity contribution in [3.63, 3.8) is 0 Å². The zero-order valence-electron chi connectivity index (χ0n) is 22.4. The maximum absolute atomic E-state index is 13.0. The van der Waals surface area contributed by atoms with Crippen molar-refractivity contribution in [2.24, 2.45) is 0 Å². The number of sulfone groups is 1. The van der Waals surface area contributed by atoms with Crippen molar-refractivity contribution < 1.29 is 27.8 Å². The average Bonchev–Trinajstić information content (AvgIpc) is 3.60. The fourth-order valence-electron chi connectivity index (χ4n) is 5.39. The Balaban J connectivity index is 1.54. The lowest BCUT2D eigenvalue weighted by atomic mass is 9.75. The number of para-hydroxylation sites is 1. The van der Waals surface area contributed by atoms with Crippen LogP contribution in [0.1, 0.15) is 37.3 Å². The summed E-state index contributed by atoms with van der Waals surface area (Å²) in [6.45, 7) is -0.130. The number of hydrogen-bond acceptors (Lipinski definition) is 10. The van der Waals surface area contributed by atoms with Gasteiger partial charge in [0.25, 0.3) is 0 Å². The molecular weight excluding hydrogens is 536 g/mol. The zero-order chi connectivity index (χ0) is 28.5. The lowest BCUT2D eigenvalue weighted by molar-refractivity contribution is -0.155. The first-order valence-electron chi connectivity index (χ1n) is 12.9. The Bertz CT molecular complexity index is 1620. The molecule has 3 aromatic heterocycles. The van der Waals surface area contributed by atoms with Gasteiger partial charge in [-0.25, -0.2) is 18.1 Å². The number of aliphatic hydroxyl groups is 1. The standard InChI is InChI=1S/C27H32N6O6S/c1-38-12-13-39-27(22(35)17-34)10-8-18(9-11-27)23-24(40(2,36)37)25(28)33-26(31-23)21(15-30-33)19-14-29-32(16-19)20-6-4-3-5-7-20/h3-7,14-16,18,34H,8-13,17,28H2,1-2H3/t18-,27-. The molecule has 3 N–H and O–H groups in total. The predicted octanol–water partition coefficient (Wildman–Crippen LogP) is 2.19. The van der Waals surface area contributed by atoms with Crippen LogP contribution in [0.25, 0.3) is 22.5 Å². The first kappa shape index (κ1) is 27.9. The molecule has 0 aliphatic heterocycles. The average molecular weight is 569 g/mol. The number of Topliss-reactive ketones (excluding diaryl/α,β-unsaturated/α-hetero) is 1. The molecule has 212 valence electrons. The monoisotopic (exact) mass is 568 g/mol. The molecular formula is C27H32N6O6S. The Morgan fingerprint density at radius 1 is 1.15 bits per heavy atom. The molecule has 1 aliphatic carbocycles. The van der Waals surface area contributed by atoms with Crippen molar-refractivity contribution in [1.29, 1.82) is 0 Å². The third kappa shape index (κ3) is 5.12. The van der Waals surface area contributed by atoms with Crippen LogP contribution in [0.4, 0.5) is 5.82 Å². The number of anilines is 1. The molecule has 4 aromatic rings. The molecule has 0 saturated heterocycles. The second-order valence-electron chi connectivity index (χ2n) is 9.98. The zero-order valence-corrected chi connectivity index (χ0v) is 23.2. The van der Waals surface area contributed by atoms with E-state index >= 15 is 0 Å². The van der Waals surface area contributed by atoms with Gasteiger partial charge in [-0.1, -0.05) is 18.2 Å². The third-order valence-electron chi connectivity index (χ3n) is 7.45. The molecule has 13 heteroatoms. The van der Waals surface area contributed by atoms with E-state index in [2.05, 4.69) is 10.2 Å². The fourth-order valence-corrected chi connectivity index (χ4v) is 6.45. The quantitative estimate of drug-likeness (QED) is 0.271. The molecule has 3 heterocycles. The number of aliphatic hydroxyl groups excluding tert-OH is 1. The normalized spacial score (nSPS) is 19.7. The molecule has 0 unspecified atom stereocenters. The van der Waals surface area contributed by atoms with Gasteiger partial charge in [0, 0.05) is 36.6 Å². The first-order valence-corrected chi connectivity index (χ1v) is 14.8. The highest BCUT2D eigenvalue weighted by atomic mass is 32.2. The Morgan fingerprint density at radius 3 is 2.52 bits per heavy atom. The van der Waals surface area contributed by atoms with E-state index in [4.69, 9.17) is 20.2 Å². The molecule has 0 atom stereocenters. The number of methoxy groups -OCH3 is 1. The van der Waals surface area contributed by atoms with Crippen molar-refractivity contribution in [1.82, 2.24) is 24.4 Å². The second kappa shape index (κ2) is 11.1. The molecule has 1 aromatic carbocycles. The van der Waals surface area contributed by atoms with Crippen molar-refractivity contribution in [2.45, 2.75) is 42.1 Å². The number of fused-ring (bicyclic) bond motifs is 1. The van der Waals surface area contributed by atoms with E-state index < -0.39 is 27.8 Å². The van der Waals surface area contributed by atoms with Crippen LogP contribution in [-0.4, -0.2) is 82.5 Å². The topological polar surface area (TPSA) is 164 Å². The number of carbonyl (C=O) groups excluding carboxylic acids is 1. The summed E-state index contributed by atoms with van der Waals surface area (Å²) >= 11 is 0. The van der Waals surface area contributed by atoms with Gasteiger partial charge in [0.1, 0.15) is 22.9 Å². The minimum atomic E-state index is -3.78. The van der Waals surface area contributed by atoms with Crippen LogP contribution >= 0.6 is 0 Å². The Morgan fingerprint density at radius 2 is 1.88 bits per heavy atom. The maximum Gasteiger partial charge on any atom is 0.189 e. The van der Waals surface area contributed by atoms with E-state index in [9.17, 15) is 18.3 Å². The van der Waals surface area contributed by atoms with E-state index in [1.54, 1.807) is 17.1 Å². The van der Waals surface area contributed by atoms with Crippen LogP contribution in [0.15, 0.2) is 53.8 Å². The highest BCUT2D eigenvalue weighted by Gasteiger charge is 2.44. The van der Waals surface area contributed by atoms with Crippen LogP contribution < -0.4 is 5.73 Å². The van der Waals surface area contributed by atoms with Gasteiger partial charge in [-0.05, 0) is 37.8 Å². The van der Waals surface area contributed by atoms with Gasteiger partial charge in [0.15, 0.2) is 21.3 Å².